The number of nitrogens with one attached hydrogen (secondary N) is 1. The Bertz CT molecular complexity index is 975. The molecule has 0 spiro atoms. The molecule has 1 saturated carbocycles. The van der Waals surface area contributed by atoms with Gasteiger partial charge < -0.3 is 5.32 Å². The highest BCUT2D eigenvalue weighted by Gasteiger charge is 2.35. The first-order valence-corrected chi connectivity index (χ1v) is 12.5. The third-order valence-electron chi connectivity index (χ3n) is 6.01. The van der Waals surface area contributed by atoms with Crippen molar-refractivity contribution in [3.8, 4) is 0 Å². The third-order valence-corrected chi connectivity index (χ3v) is 9.01. The van der Waals surface area contributed by atoms with Gasteiger partial charge in [0, 0.05) is 36.3 Å². The normalized spacial score (nSPS) is 21.2. The van der Waals surface area contributed by atoms with Gasteiger partial charge in [0.25, 0.3) is 0 Å². The summed E-state index contributed by atoms with van der Waals surface area (Å²) in [6, 6.07) is 0. The van der Waals surface area contributed by atoms with E-state index in [0.29, 0.717) is 24.9 Å². The molecule has 0 bridgehead atoms. The minimum absolute atomic E-state index is 0.186. The Kier molecular flexibility index (Phi) is 4.40. The summed E-state index contributed by atoms with van der Waals surface area (Å²) in [5.74, 6) is 3.05. The Morgan fingerprint density at radius 2 is 1.96 bits per heavy atom. The second-order valence-electron chi connectivity index (χ2n) is 8.06. The van der Waals surface area contributed by atoms with Crippen LogP contribution in [0.15, 0.2) is 0 Å². The van der Waals surface area contributed by atoms with Crippen LogP contribution >= 0.6 is 11.3 Å². The van der Waals surface area contributed by atoms with Crippen LogP contribution in [0, 0.1) is 5.92 Å². The van der Waals surface area contributed by atoms with Crippen LogP contribution in [-0.2, 0) is 22.9 Å². The molecule has 0 amide bonds. The third kappa shape index (κ3) is 3.25. The summed E-state index contributed by atoms with van der Waals surface area (Å²) < 4.78 is 25.4. The first-order valence-electron chi connectivity index (χ1n) is 10.1. The Balaban J connectivity index is 1.38. The molecule has 0 unspecified atom stereocenters. The van der Waals surface area contributed by atoms with Gasteiger partial charge in [0.1, 0.15) is 16.5 Å². The van der Waals surface area contributed by atoms with Crippen LogP contribution in [0.2, 0.25) is 0 Å². The Labute approximate surface area is 164 Å². The molecule has 2 aromatic rings. The van der Waals surface area contributed by atoms with Crippen LogP contribution in [-0.4, -0.2) is 48.1 Å². The van der Waals surface area contributed by atoms with Gasteiger partial charge in [-0.2, -0.15) is 0 Å². The molecule has 146 valence electrons. The van der Waals surface area contributed by atoms with E-state index in [2.05, 4.69) is 5.32 Å². The molecule has 2 fully saturated rings. The summed E-state index contributed by atoms with van der Waals surface area (Å²) in [6.45, 7) is 3.72. The van der Waals surface area contributed by atoms with Crippen molar-refractivity contribution in [3.05, 3.63) is 16.3 Å². The molecule has 3 aliphatic rings. The Morgan fingerprint density at radius 1 is 1.19 bits per heavy atom. The second-order valence-corrected chi connectivity index (χ2v) is 11.4. The number of anilines is 1. The zero-order valence-corrected chi connectivity index (χ0v) is 17.3. The van der Waals surface area contributed by atoms with E-state index in [1.165, 1.54) is 47.9 Å². The number of fused-ring (bicyclic) bond motifs is 3. The first-order chi connectivity index (χ1) is 13.0. The van der Waals surface area contributed by atoms with Crippen LogP contribution in [0.25, 0.3) is 10.2 Å². The molecule has 27 heavy (non-hydrogen) atoms. The molecule has 0 atom stereocenters. The molecule has 5 rings (SSSR count). The van der Waals surface area contributed by atoms with E-state index in [0.717, 1.165) is 29.4 Å². The summed E-state index contributed by atoms with van der Waals surface area (Å²) in [5.41, 5.74) is 1.45. The molecule has 3 heterocycles. The number of hydrogen-bond donors (Lipinski definition) is 1. The Morgan fingerprint density at radius 3 is 2.70 bits per heavy atom. The molecular formula is C19H26N4O2S2. The quantitative estimate of drug-likeness (QED) is 0.798. The SMILES string of the molecule is CCS(=O)(=O)N1CC(CNc2nc(C3CC3)nc3sc4c(c23)CCCC4)C1. The summed E-state index contributed by atoms with van der Waals surface area (Å²) in [4.78, 5) is 12.4. The van der Waals surface area contributed by atoms with Gasteiger partial charge in [-0.05, 0) is 51.0 Å². The lowest BCUT2D eigenvalue weighted by Crippen LogP contribution is -2.52. The van der Waals surface area contributed by atoms with E-state index in [4.69, 9.17) is 9.97 Å². The highest BCUT2D eigenvalue weighted by molar-refractivity contribution is 7.89. The summed E-state index contributed by atoms with van der Waals surface area (Å²) in [7, 11) is -3.04. The molecule has 2 aliphatic carbocycles. The van der Waals surface area contributed by atoms with Crippen LogP contribution in [0.3, 0.4) is 0 Å². The highest BCUT2D eigenvalue weighted by Crippen LogP contribution is 2.43. The lowest BCUT2D eigenvalue weighted by molar-refractivity contribution is 0.212. The second kappa shape index (κ2) is 6.67. The van der Waals surface area contributed by atoms with Gasteiger partial charge in [-0.25, -0.2) is 22.7 Å². The Hall–Kier alpha value is -1.25. The fourth-order valence-corrected chi connectivity index (χ4v) is 6.64. The lowest BCUT2D eigenvalue weighted by Gasteiger charge is -2.38. The average Bonchev–Trinajstić information content (AvgIpc) is 3.40. The predicted molar refractivity (Wildman–Crippen MR) is 109 cm³/mol. The smallest absolute Gasteiger partial charge is 0.213 e. The molecule has 2 aromatic heterocycles. The fraction of sp³-hybridized carbons (Fsp3) is 0.684. The zero-order valence-electron chi connectivity index (χ0n) is 15.7. The number of aromatic nitrogens is 2. The fourth-order valence-electron chi connectivity index (χ4n) is 4.13. The van der Waals surface area contributed by atoms with E-state index < -0.39 is 10.0 Å². The van der Waals surface area contributed by atoms with Crippen LogP contribution in [0.4, 0.5) is 5.82 Å². The largest absolute Gasteiger partial charge is 0.369 e. The van der Waals surface area contributed by atoms with Crippen molar-refractivity contribution in [3.63, 3.8) is 0 Å². The van der Waals surface area contributed by atoms with Crippen LogP contribution < -0.4 is 5.32 Å². The number of aryl methyl sites for hydroxylation is 2. The number of rotatable bonds is 6. The van der Waals surface area contributed by atoms with Crippen molar-refractivity contribution in [2.75, 3.05) is 30.7 Å². The monoisotopic (exact) mass is 406 g/mol. The zero-order chi connectivity index (χ0) is 18.6. The molecule has 1 aliphatic heterocycles. The number of sulfonamides is 1. The van der Waals surface area contributed by atoms with Crippen molar-refractivity contribution in [2.24, 2.45) is 5.92 Å². The van der Waals surface area contributed by atoms with Gasteiger partial charge >= 0.3 is 0 Å². The maximum atomic E-state index is 11.9. The maximum absolute atomic E-state index is 11.9. The van der Waals surface area contributed by atoms with Crippen molar-refractivity contribution >= 4 is 37.4 Å². The van der Waals surface area contributed by atoms with Crippen LogP contribution in [0.1, 0.15) is 54.8 Å². The summed E-state index contributed by atoms with van der Waals surface area (Å²) >= 11 is 1.86. The van der Waals surface area contributed by atoms with Crippen molar-refractivity contribution in [1.29, 1.82) is 0 Å². The van der Waals surface area contributed by atoms with Gasteiger partial charge in [0.15, 0.2) is 0 Å². The molecule has 0 aromatic carbocycles. The van der Waals surface area contributed by atoms with Gasteiger partial charge in [0.2, 0.25) is 10.0 Å². The summed E-state index contributed by atoms with van der Waals surface area (Å²) in [6.07, 6.45) is 7.21. The first kappa shape index (κ1) is 17.8. The topological polar surface area (TPSA) is 75.2 Å². The molecule has 1 saturated heterocycles. The van der Waals surface area contributed by atoms with Gasteiger partial charge in [-0.3, -0.25) is 0 Å². The summed E-state index contributed by atoms with van der Waals surface area (Å²) in [5, 5.41) is 4.81. The molecule has 1 N–H and O–H groups in total. The van der Waals surface area contributed by atoms with Gasteiger partial charge in [-0.1, -0.05) is 0 Å². The lowest BCUT2D eigenvalue weighted by atomic mass is 9.97. The average molecular weight is 407 g/mol. The minimum atomic E-state index is -3.04. The van der Waals surface area contributed by atoms with E-state index in [1.54, 1.807) is 11.2 Å². The number of hydrogen-bond acceptors (Lipinski definition) is 6. The van der Waals surface area contributed by atoms with E-state index >= 15 is 0 Å². The predicted octanol–water partition coefficient (Wildman–Crippen LogP) is 3.14. The van der Waals surface area contributed by atoms with E-state index in [-0.39, 0.29) is 5.75 Å². The minimum Gasteiger partial charge on any atom is -0.369 e. The van der Waals surface area contributed by atoms with E-state index in [1.807, 2.05) is 11.3 Å². The molecule has 8 heteroatoms. The molecule has 0 radical (unpaired) electrons. The van der Waals surface area contributed by atoms with Crippen molar-refractivity contribution in [2.45, 2.75) is 51.4 Å². The van der Waals surface area contributed by atoms with Gasteiger partial charge in [0.05, 0.1) is 11.1 Å². The maximum Gasteiger partial charge on any atom is 0.213 e. The number of nitrogens with zero attached hydrogens (tertiary/aromatic N) is 3. The number of thiophene rings is 1. The molecule has 6 nitrogen and oxygen atoms in total. The molecular weight excluding hydrogens is 380 g/mol. The van der Waals surface area contributed by atoms with Gasteiger partial charge in [-0.15, -0.1) is 11.3 Å². The van der Waals surface area contributed by atoms with Crippen LogP contribution in [0.5, 0.6) is 0 Å². The van der Waals surface area contributed by atoms with E-state index in [9.17, 15) is 8.42 Å². The van der Waals surface area contributed by atoms with Crippen molar-refractivity contribution < 1.29 is 8.42 Å². The van der Waals surface area contributed by atoms with Crippen molar-refractivity contribution in [1.82, 2.24) is 14.3 Å². The standard InChI is InChI=1S/C19H26N4O2S2/c1-2-27(24,25)23-10-12(11-23)9-20-18-16-14-5-3-4-6-15(14)26-19(16)22-17(21-18)13-7-8-13/h12-13H,2-11H2,1H3,(H,20,21,22). The highest BCUT2D eigenvalue weighted by atomic mass is 32.2.